The maximum atomic E-state index is 14.3. The van der Waals surface area contributed by atoms with Gasteiger partial charge < -0.3 is 35.4 Å². The normalized spacial score (nSPS) is 27.6. The van der Waals surface area contributed by atoms with Crippen molar-refractivity contribution in [1.82, 2.24) is 20.6 Å². The number of fused-ring (bicyclic) bond motifs is 2. The molecule has 54 heavy (non-hydrogen) atoms. The third kappa shape index (κ3) is 8.91. The standard InChI is InChI=1S/C43H67N5O6/c1-25-34-19-30(43(34,6)7)20-35(25)45-41(52)38-37(26(2)50)36(24-49)54-48(38)22-27-14-13-15-33(39(27)53-12)28-16-29(18-32(17-28)47(10)11)40(51)44-31(23-46(8)9)21-42(3,4)5/h13-18,25-26,30-31,34-38,49-50H,19-24H2,1-12H3,(H,44,51)(H,45,52)/t25-,26-,30+,31-,34-,35-,36-,37+,38-/m0/s1. The van der Waals surface area contributed by atoms with Crippen LogP contribution in [0, 0.1) is 34.5 Å². The van der Waals surface area contributed by atoms with Gasteiger partial charge in [-0.2, -0.15) is 5.06 Å². The van der Waals surface area contributed by atoms with E-state index in [1.54, 1.807) is 19.1 Å². The first-order valence-electron chi connectivity index (χ1n) is 19.7. The number of aliphatic hydroxyl groups is 2. The van der Waals surface area contributed by atoms with Crippen molar-refractivity contribution in [2.75, 3.05) is 53.4 Å². The molecule has 1 heterocycles. The molecule has 3 saturated carbocycles. The van der Waals surface area contributed by atoms with E-state index in [1.165, 1.54) is 6.42 Å². The Morgan fingerprint density at radius 2 is 1.81 bits per heavy atom. The fourth-order valence-electron chi connectivity index (χ4n) is 9.60. The SMILES string of the molecule is COc1c(CN2O[C@@H](CO)[C@@H]([C@H](C)O)[C@H]2C(=O)N[C@H]2C[C@H]3C[C@@H]([C@@H]2C)C3(C)C)cccc1-c1cc(C(=O)N[C@H](CN(C)C)CC(C)(C)C)cc(N(C)C)c1. The fraction of sp³-hybridized carbons (Fsp3) is 0.674. The van der Waals surface area contributed by atoms with Gasteiger partial charge in [-0.3, -0.25) is 14.4 Å². The van der Waals surface area contributed by atoms with Gasteiger partial charge in [-0.1, -0.05) is 59.7 Å². The highest BCUT2D eigenvalue weighted by Crippen LogP contribution is 2.61. The monoisotopic (exact) mass is 750 g/mol. The molecule has 2 bridgehead atoms. The van der Waals surface area contributed by atoms with Gasteiger partial charge in [-0.05, 0) is 92.6 Å². The van der Waals surface area contributed by atoms with Crippen LogP contribution in [0.15, 0.2) is 36.4 Å². The summed E-state index contributed by atoms with van der Waals surface area (Å²) >= 11 is 0. The van der Waals surface area contributed by atoms with Crippen molar-refractivity contribution < 1.29 is 29.4 Å². The number of methoxy groups -OCH3 is 1. The minimum Gasteiger partial charge on any atom is -0.496 e. The van der Waals surface area contributed by atoms with E-state index in [-0.39, 0.29) is 47.9 Å². The highest BCUT2D eigenvalue weighted by molar-refractivity contribution is 5.97. The maximum Gasteiger partial charge on any atom is 0.251 e. The number of carbonyl (C=O) groups excluding carboxylic acids is 2. The molecule has 0 unspecified atom stereocenters. The van der Waals surface area contributed by atoms with Gasteiger partial charge in [-0.15, -0.1) is 0 Å². The van der Waals surface area contributed by atoms with Gasteiger partial charge in [0, 0.05) is 61.0 Å². The summed E-state index contributed by atoms with van der Waals surface area (Å²) in [5, 5.41) is 29.6. The molecular weight excluding hydrogens is 683 g/mol. The van der Waals surface area contributed by atoms with Crippen molar-refractivity contribution >= 4 is 17.5 Å². The van der Waals surface area contributed by atoms with Gasteiger partial charge in [0.1, 0.15) is 17.9 Å². The Morgan fingerprint density at radius 1 is 1.11 bits per heavy atom. The molecule has 3 aliphatic carbocycles. The Labute approximate surface area is 323 Å². The van der Waals surface area contributed by atoms with Gasteiger partial charge in [0.25, 0.3) is 5.91 Å². The van der Waals surface area contributed by atoms with Crippen molar-refractivity contribution in [3.63, 3.8) is 0 Å². The average Bonchev–Trinajstić information content (AvgIpc) is 3.46. The molecule has 11 nitrogen and oxygen atoms in total. The molecule has 2 amide bonds. The van der Waals surface area contributed by atoms with Gasteiger partial charge >= 0.3 is 0 Å². The summed E-state index contributed by atoms with van der Waals surface area (Å²) in [4.78, 5) is 38.6. The zero-order chi connectivity index (χ0) is 39.9. The molecule has 0 spiro atoms. The number of hydrogen-bond acceptors (Lipinski definition) is 9. The van der Waals surface area contributed by atoms with Crippen LogP contribution in [0.5, 0.6) is 5.75 Å². The van der Waals surface area contributed by atoms with Crippen molar-refractivity contribution in [1.29, 1.82) is 0 Å². The summed E-state index contributed by atoms with van der Waals surface area (Å²) in [5.41, 5.74) is 4.10. The second-order valence-electron chi connectivity index (χ2n) is 18.6. The lowest BCUT2D eigenvalue weighted by atomic mass is 9.45. The van der Waals surface area contributed by atoms with E-state index in [2.05, 4.69) is 57.1 Å². The second kappa shape index (κ2) is 16.5. The molecule has 0 aromatic heterocycles. The predicted molar refractivity (Wildman–Crippen MR) is 214 cm³/mol. The number of rotatable bonds is 14. The summed E-state index contributed by atoms with van der Waals surface area (Å²) in [7, 11) is 9.55. The molecule has 2 aromatic rings. The number of carbonyl (C=O) groups is 2. The van der Waals surface area contributed by atoms with Crippen LogP contribution in [-0.4, -0.2) is 111 Å². The quantitative estimate of drug-likeness (QED) is 0.207. The molecule has 1 saturated heterocycles. The molecule has 6 rings (SSSR count). The zero-order valence-corrected chi connectivity index (χ0v) is 34.8. The Bertz CT molecular complexity index is 1640. The summed E-state index contributed by atoms with van der Waals surface area (Å²) in [6.45, 7) is 15.7. The minimum atomic E-state index is -0.897. The largest absolute Gasteiger partial charge is 0.496 e. The molecule has 4 N–H and O–H groups in total. The topological polar surface area (TPSA) is 127 Å². The maximum absolute atomic E-state index is 14.3. The summed E-state index contributed by atoms with van der Waals surface area (Å²) in [6, 6.07) is 10.9. The summed E-state index contributed by atoms with van der Waals surface area (Å²) < 4.78 is 6.10. The number of nitrogens with zero attached hydrogens (tertiary/aromatic N) is 3. The number of hydrogen-bond donors (Lipinski definition) is 4. The predicted octanol–water partition coefficient (Wildman–Crippen LogP) is 5.19. The summed E-state index contributed by atoms with van der Waals surface area (Å²) in [5.74, 6) is 1.08. The van der Waals surface area contributed by atoms with Crippen LogP contribution in [-0.2, 0) is 16.2 Å². The first-order valence-corrected chi connectivity index (χ1v) is 19.7. The van der Waals surface area contributed by atoms with Crippen LogP contribution in [0.4, 0.5) is 5.69 Å². The highest BCUT2D eigenvalue weighted by atomic mass is 16.7. The van der Waals surface area contributed by atoms with E-state index in [1.807, 2.05) is 69.5 Å². The number of nitrogens with one attached hydrogen (secondary N) is 2. The van der Waals surface area contributed by atoms with Crippen LogP contribution >= 0.6 is 0 Å². The number of ether oxygens (including phenoxy) is 1. The average molecular weight is 750 g/mol. The Morgan fingerprint density at radius 3 is 2.37 bits per heavy atom. The third-order valence-corrected chi connectivity index (χ3v) is 12.5. The van der Waals surface area contributed by atoms with E-state index >= 15 is 0 Å². The molecule has 11 heteroatoms. The number of anilines is 1. The molecular formula is C43H67N5O6. The van der Waals surface area contributed by atoms with E-state index < -0.39 is 24.2 Å². The number of para-hydroxylation sites is 1. The fourth-order valence-corrected chi connectivity index (χ4v) is 9.60. The smallest absolute Gasteiger partial charge is 0.251 e. The van der Waals surface area contributed by atoms with Crippen molar-refractivity contribution in [2.24, 2.45) is 34.5 Å². The van der Waals surface area contributed by atoms with Crippen LogP contribution in [0.25, 0.3) is 11.1 Å². The Kier molecular flexibility index (Phi) is 12.8. The van der Waals surface area contributed by atoms with Gasteiger partial charge in [-0.25, -0.2) is 0 Å². The van der Waals surface area contributed by atoms with Crippen LogP contribution < -0.4 is 20.3 Å². The lowest BCUT2D eigenvalue weighted by Gasteiger charge is -2.62. The number of likely N-dealkylation sites (N-methyl/N-ethyl adjacent to an activating group) is 1. The van der Waals surface area contributed by atoms with Crippen LogP contribution in [0.2, 0.25) is 0 Å². The number of amides is 2. The molecule has 300 valence electrons. The van der Waals surface area contributed by atoms with Gasteiger partial charge in [0.15, 0.2) is 0 Å². The van der Waals surface area contributed by atoms with E-state index in [4.69, 9.17) is 9.57 Å². The minimum absolute atomic E-state index is 0.0329. The van der Waals surface area contributed by atoms with Crippen molar-refractivity contribution in [2.45, 2.75) is 105 Å². The van der Waals surface area contributed by atoms with Crippen LogP contribution in [0.3, 0.4) is 0 Å². The number of hydroxylamine groups is 2. The van der Waals surface area contributed by atoms with E-state index in [0.717, 1.165) is 41.8 Å². The first kappa shape index (κ1) is 41.9. The van der Waals surface area contributed by atoms with Crippen molar-refractivity contribution in [3.05, 3.63) is 47.5 Å². The lowest BCUT2D eigenvalue weighted by Crippen LogP contribution is -2.62. The van der Waals surface area contributed by atoms with Crippen molar-refractivity contribution in [3.8, 4) is 16.9 Å². The molecule has 9 atom stereocenters. The lowest BCUT2D eigenvalue weighted by molar-refractivity contribution is -0.183. The molecule has 0 radical (unpaired) electrons. The Balaban J connectivity index is 1.45. The third-order valence-electron chi connectivity index (χ3n) is 12.5. The number of benzene rings is 2. The second-order valence-corrected chi connectivity index (χ2v) is 18.6. The van der Waals surface area contributed by atoms with E-state index in [0.29, 0.717) is 29.1 Å². The van der Waals surface area contributed by atoms with E-state index in [9.17, 15) is 19.8 Å². The highest BCUT2D eigenvalue weighted by Gasteiger charge is 2.57. The Hall–Kier alpha value is -3.22. The zero-order valence-electron chi connectivity index (χ0n) is 34.8. The van der Waals surface area contributed by atoms with Gasteiger partial charge in [0.05, 0.1) is 26.4 Å². The summed E-state index contributed by atoms with van der Waals surface area (Å²) in [6.07, 6.45) is 1.32. The van der Waals surface area contributed by atoms with Gasteiger partial charge in [0.2, 0.25) is 5.91 Å². The number of aliphatic hydroxyl groups excluding tert-OH is 2. The molecule has 1 aliphatic heterocycles. The molecule has 4 aliphatic rings. The molecule has 2 aromatic carbocycles. The molecule has 4 fully saturated rings. The van der Waals surface area contributed by atoms with Crippen LogP contribution in [0.1, 0.15) is 83.7 Å². The first-order chi connectivity index (χ1) is 25.2.